The molecule has 0 radical (unpaired) electrons. The van der Waals surface area contributed by atoms with Crippen molar-refractivity contribution in [1.82, 2.24) is 5.32 Å². The second kappa shape index (κ2) is 10.2. The highest BCUT2D eigenvalue weighted by atomic mass is 16.2. The first-order chi connectivity index (χ1) is 14.0. The van der Waals surface area contributed by atoms with Gasteiger partial charge in [-0.15, -0.1) is 0 Å². The van der Waals surface area contributed by atoms with Crippen LogP contribution in [-0.4, -0.2) is 38.0 Å². The maximum absolute atomic E-state index is 12.3. The zero-order valence-electron chi connectivity index (χ0n) is 17.5. The average molecular weight is 395 g/mol. The van der Waals surface area contributed by atoms with Crippen LogP contribution < -0.4 is 15.5 Å². The summed E-state index contributed by atoms with van der Waals surface area (Å²) in [7, 11) is 0. The minimum Gasteiger partial charge on any atom is -0.342 e. The number of hydrogen-bond donors (Lipinski definition) is 3. The summed E-state index contributed by atoms with van der Waals surface area (Å²) in [4.78, 5) is 25.8. The van der Waals surface area contributed by atoms with Crippen molar-refractivity contribution in [3.63, 3.8) is 0 Å². The van der Waals surface area contributed by atoms with Crippen LogP contribution in [0.5, 0.6) is 0 Å². The first-order valence-electron chi connectivity index (χ1n) is 10.5. The summed E-state index contributed by atoms with van der Waals surface area (Å²) in [6.45, 7) is 6.40. The molecule has 0 atom stereocenters. The van der Waals surface area contributed by atoms with E-state index in [1.54, 1.807) is 0 Å². The lowest BCUT2D eigenvalue weighted by atomic mass is 9.90. The summed E-state index contributed by atoms with van der Waals surface area (Å²) in [5, 5.41) is 5.67. The quantitative estimate of drug-likeness (QED) is 0.672. The maximum atomic E-state index is 12.3. The van der Waals surface area contributed by atoms with E-state index >= 15 is 0 Å². The molecule has 0 unspecified atom stereocenters. The van der Waals surface area contributed by atoms with E-state index in [0.717, 1.165) is 49.2 Å². The Balaban J connectivity index is 1.36. The van der Waals surface area contributed by atoms with Gasteiger partial charge in [0.2, 0.25) is 5.91 Å². The van der Waals surface area contributed by atoms with Crippen molar-refractivity contribution in [3.05, 3.63) is 65.2 Å². The molecule has 29 heavy (non-hydrogen) atoms. The first-order valence-corrected chi connectivity index (χ1v) is 10.5. The SMILES string of the molecule is Cc1cccc(C)c1NC(=O)CNC(=O)C[NH+]1CCC(Cc2ccccc2)CC1. The fourth-order valence-electron chi connectivity index (χ4n) is 4.08. The number of carbonyl (C=O) groups is 2. The van der Waals surface area contributed by atoms with Crippen LogP contribution >= 0.6 is 0 Å². The minimum atomic E-state index is -0.188. The number of hydrogen-bond acceptors (Lipinski definition) is 2. The average Bonchev–Trinajstić information content (AvgIpc) is 2.72. The van der Waals surface area contributed by atoms with Crippen molar-refractivity contribution in [1.29, 1.82) is 0 Å². The molecule has 1 aliphatic rings. The molecule has 1 aliphatic heterocycles. The number of piperidine rings is 1. The number of carbonyl (C=O) groups excluding carboxylic acids is 2. The second-order valence-corrected chi connectivity index (χ2v) is 8.15. The molecule has 1 heterocycles. The Morgan fingerprint density at radius 3 is 2.24 bits per heavy atom. The van der Waals surface area contributed by atoms with Crippen LogP contribution in [0.25, 0.3) is 0 Å². The summed E-state index contributed by atoms with van der Waals surface area (Å²) < 4.78 is 0. The van der Waals surface area contributed by atoms with E-state index in [4.69, 9.17) is 0 Å². The maximum Gasteiger partial charge on any atom is 0.275 e. The minimum absolute atomic E-state index is 0.0104. The number of nitrogens with one attached hydrogen (secondary N) is 3. The van der Waals surface area contributed by atoms with Gasteiger partial charge >= 0.3 is 0 Å². The number of para-hydroxylation sites is 1. The van der Waals surface area contributed by atoms with Crippen LogP contribution in [0, 0.1) is 19.8 Å². The molecular weight excluding hydrogens is 362 g/mol. The summed E-state index contributed by atoms with van der Waals surface area (Å²) in [5.74, 6) is 0.456. The van der Waals surface area contributed by atoms with Crippen LogP contribution in [0.4, 0.5) is 5.69 Å². The molecule has 3 rings (SSSR count). The van der Waals surface area contributed by atoms with Gasteiger partial charge in [0.1, 0.15) is 0 Å². The van der Waals surface area contributed by atoms with Gasteiger partial charge in [0.05, 0.1) is 19.6 Å². The summed E-state index contributed by atoms with van der Waals surface area (Å²) in [5.41, 5.74) is 4.27. The Morgan fingerprint density at radius 2 is 1.59 bits per heavy atom. The van der Waals surface area contributed by atoms with Gasteiger partial charge in [0.15, 0.2) is 6.54 Å². The van der Waals surface area contributed by atoms with Gasteiger partial charge < -0.3 is 15.5 Å². The predicted octanol–water partition coefficient (Wildman–Crippen LogP) is 1.90. The highest BCUT2D eigenvalue weighted by Gasteiger charge is 2.24. The van der Waals surface area contributed by atoms with Crippen molar-refractivity contribution in [2.24, 2.45) is 5.92 Å². The van der Waals surface area contributed by atoms with Crippen molar-refractivity contribution in [3.8, 4) is 0 Å². The van der Waals surface area contributed by atoms with Crippen molar-refractivity contribution < 1.29 is 14.5 Å². The Bertz CT molecular complexity index is 807. The van der Waals surface area contributed by atoms with E-state index in [1.165, 1.54) is 10.5 Å². The second-order valence-electron chi connectivity index (χ2n) is 8.15. The normalized spacial score (nSPS) is 18.8. The molecule has 0 aromatic heterocycles. The van der Waals surface area contributed by atoms with Crippen LogP contribution in [0.2, 0.25) is 0 Å². The van der Waals surface area contributed by atoms with Gasteiger partial charge in [0, 0.05) is 5.69 Å². The first kappa shape index (κ1) is 21.1. The number of quaternary nitrogens is 1. The molecular formula is C24H32N3O2+. The molecule has 0 aliphatic carbocycles. The summed E-state index contributed by atoms with van der Waals surface area (Å²) in [6.07, 6.45) is 3.41. The van der Waals surface area contributed by atoms with Gasteiger partial charge in [-0.25, -0.2) is 0 Å². The zero-order chi connectivity index (χ0) is 20.6. The Labute approximate surface area is 173 Å². The molecule has 2 aromatic carbocycles. The van der Waals surface area contributed by atoms with Gasteiger partial charge in [0.25, 0.3) is 5.91 Å². The Kier molecular flexibility index (Phi) is 7.42. The van der Waals surface area contributed by atoms with E-state index in [9.17, 15) is 9.59 Å². The molecule has 3 N–H and O–H groups in total. The molecule has 1 fully saturated rings. The van der Waals surface area contributed by atoms with Crippen LogP contribution in [-0.2, 0) is 16.0 Å². The summed E-state index contributed by atoms with van der Waals surface area (Å²) >= 11 is 0. The topological polar surface area (TPSA) is 62.6 Å². The van der Waals surface area contributed by atoms with Crippen LogP contribution in [0.1, 0.15) is 29.5 Å². The molecule has 0 bridgehead atoms. The molecule has 0 saturated carbocycles. The standard InChI is InChI=1S/C24H31N3O2/c1-18-7-6-8-19(2)24(18)26-22(28)16-25-23(29)17-27-13-11-21(12-14-27)15-20-9-4-3-5-10-20/h3-10,21H,11-17H2,1-2H3,(H,25,29)(H,26,28)/p+1. The van der Waals surface area contributed by atoms with Crippen molar-refractivity contribution in [2.75, 3.05) is 31.5 Å². The number of benzene rings is 2. The molecule has 0 spiro atoms. The molecule has 154 valence electrons. The van der Waals surface area contributed by atoms with E-state index in [-0.39, 0.29) is 18.4 Å². The van der Waals surface area contributed by atoms with Crippen LogP contribution in [0.3, 0.4) is 0 Å². The highest BCUT2D eigenvalue weighted by molar-refractivity contribution is 5.95. The van der Waals surface area contributed by atoms with E-state index in [1.807, 2.05) is 32.0 Å². The molecule has 2 amide bonds. The summed E-state index contributed by atoms with van der Waals surface area (Å²) in [6, 6.07) is 16.5. The monoisotopic (exact) mass is 394 g/mol. The Hall–Kier alpha value is -2.66. The lowest BCUT2D eigenvalue weighted by Crippen LogP contribution is -3.14. The number of anilines is 1. The third-order valence-corrected chi connectivity index (χ3v) is 5.78. The van der Waals surface area contributed by atoms with Gasteiger partial charge in [-0.05, 0) is 55.7 Å². The Morgan fingerprint density at radius 1 is 0.931 bits per heavy atom. The highest BCUT2D eigenvalue weighted by Crippen LogP contribution is 2.19. The number of rotatable bonds is 7. The molecule has 1 saturated heterocycles. The number of likely N-dealkylation sites (tertiary alicyclic amines) is 1. The fraction of sp³-hybridized carbons (Fsp3) is 0.417. The molecule has 2 aromatic rings. The number of aryl methyl sites for hydroxylation is 2. The van der Waals surface area contributed by atoms with Gasteiger partial charge in [-0.3, -0.25) is 9.59 Å². The largest absolute Gasteiger partial charge is 0.342 e. The van der Waals surface area contributed by atoms with E-state index in [2.05, 4.69) is 41.0 Å². The molecule has 5 nitrogen and oxygen atoms in total. The third kappa shape index (κ3) is 6.43. The lowest BCUT2D eigenvalue weighted by Gasteiger charge is -2.29. The molecule has 5 heteroatoms. The predicted molar refractivity (Wildman–Crippen MR) is 116 cm³/mol. The van der Waals surface area contributed by atoms with Gasteiger partial charge in [-0.1, -0.05) is 48.5 Å². The van der Waals surface area contributed by atoms with Crippen molar-refractivity contribution >= 4 is 17.5 Å². The van der Waals surface area contributed by atoms with Gasteiger partial charge in [-0.2, -0.15) is 0 Å². The smallest absolute Gasteiger partial charge is 0.275 e. The zero-order valence-corrected chi connectivity index (χ0v) is 17.5. The van der Waals surface area contributed by atoms with Crippen molar-refractivity contribution in [2.45, 2.75) is 33.1 Å². The number of amides is 2. The van der Waals surface area contributed by atoms with E-state index in [0.29, 0.717) is 12.5 Å². The fourth-order valence-corrected chi connectivity index (χ4v) is 4.08. The van der Waals surface area contributed by atoms with Crippen LogP contribution in [0.15, 0.2) is 48.5 Å². The third-order valence-electron chi connectivity index (χ3n) is 5.78. The lowest BCUT2D eigenvalue weighted by molar-refractivity contribution is -0.898. The van der Waals surface area contributed by atoms with E-state index < -0.39 is 0 Å².